The number of rotatable bonds is 9. The van der Waals surface area contributed by atoms with Crippen molar-refractivity contribution in [3.05, 3.63) is 53.8 Å². The van der Waals surface area contributed by atoms with Gasteiger partial charge in [-0.2, -0.15) is 0 Å². The van der Waals surface area contributed by atoms with E-state index in [0.29, 0.717) is 24.7 Å². The van der Waals surface area contributed by atoms with E-state index in [-0.39, 0.29) is 24.0 Å². The lowest BCUT2D eigenvalue weighted by atomic mass is 10.2. The van der Waals surface area contributed by atoms with Gasteiger partial charge in [0, 0.05) is 23.9 Å². The number of thiazole rings is 1. The van der Waals surface area contributed by atoms with Crippen LogP contribution in [0.4, 0.5) is 5.13 Å². The van der Waals surface area contributed by atoms with Crippen molar-refractivity contribution in [1.82, 2.24) is 10.3 Å². The molecular weight excluding hydrogens is 378 g/mol. The van der Waals surface area contributed by atoms with E-state index >= 15 is 0 Å². The average Bonchev–Trinajstić information content (AvgIpc) is 3.38. The highest BCUT2D eigenvalue weighted by Gasteiger charge is 2.10. The maximum absolute atomic E-state index is 12.1. The van der Waals surface area contributed by atoms with Gasteiger partial charge in [-0.05, 0) is 49.7 Å². The Labute approximate surface area is 166 Å². The van der Waals surface area contributed by atoms with Gasteiger partial charge in [0.15, 0.2) is 10.9 Å². The number of hydrogen-bond acceptors (Lipinski definition) is 6. The maximum Gasteiger partial charge on any atom is 0.286 e. The summed E-state index contributed by atoms with van der Waals surface area (Å²) in [5.74, 6) is 0.647. The van der Waals surface area contributed by atoms with Gasteiger partial charge in [-0.3, -0.25) is 9.59 Å². The van der Waals surface area contributed by atoms with Crippen molar-refractivity contribution >= 4 is 28.3 Å². The first-order valence-electron chi connectivity index (χ1n) is 8.96. The fourth-order valence-electron chi connectivity index (χ4n) is 2.48. The molecule has 146 valence electrons. The highest BCUT2D eigenvalue weighted by atomic mass is 32.1. The maximum atomic E-state index is 12.1. The Bertz CT molecular complexity index is 904. The lowest BCUT2D eigenvalue weighted by molar-refractivity contribution is -0.116. The molecule has 0 aliphatic carbocycles. The fourth-order valence-corrected chi connectivity index (χ4v) is 3.22. The summed E-state index contributed by atoms with van der Waals surface area (Å²) in [6, 6.07) is 10.9. The first-order chi connectivity index (χ1) is 13.7. The molecule has 28 heavy (non-hydrogen) atoms. The van der Waals surface area contributed by atoms with Gasteiger partial charge in [-0.1, -0.05) is 0 Å². The number of carbonyl (C=O) groups excluding carboxylic acids is 2. The summed E-state index contributed by atoms with van der Waals surface area (Å²) in [5, 5.41) is 7.95. The zero-order chi connectivity index (χ0) is 19.8. The van der Waals surface area contributed by atoms with E-state index in [9.17, 15) is 9.59 Å². The van der Waals surface area contributed by atoms with Gasteiger partial charge >= 0.3 is 0 Å². The predicted octanol–water partition coefficient (Wildman–Crippen LogP) is 3.95. The minimum atomic E-state index is -0.287. The molecule has 0 radical (unpaired) electrons. The Morgan fingerprint density at radius 3 is 2.75 bits per heavy atom. The van der Waals surface area contributed by atoms with Crippen molar-refractivity contribution in [2.24, 2.45) is 0 Å². The summed E-state index contributed by atoms with van der Waals surface area (Å²) in [6.07, 6.45) is 2.25. The number of nitrogens with zero attached hydrogens (tertiary/aromatic N) is 1. The minimum absolute atomic E-state index is 0.139. The summed E-state index contributed by atoms with van der Waals surface area (Å²) in [5.41, 5.74) is 1.76. The first-order valence-corrected chi connectivity index (χ1v) is 9.84. The van der Waals surface area contributed by atoms with Crippen LogP contribution in [-0.2, 0) is 4.79 Å². The standard InChI is InChI=1S/C20H21N3O4S/c1-2-26-15-9-7-14(8-10-15)16-13-28-20(22-16)23-18(24)6-3-11-21-19(25)17-5-4-12-27-17/h4-5,7-10,12-13H,2-3,6,11H2,1H3,(H,21,25)(H,22,23,24). The molecule has 0 saturated carbocycles. The summed E-state index contributed by atoms with van der Waals surface area (Å²) in [6.45, 7) is 2.96. The average molecular weight is 399 g/mol. The van der Waals surface area contributed by atoms with E-state index in [1.165, 1.54) is 17.6 Å². The molecule has 0 saturated heterocycles. The Balaban J connectivity index is 1.43. The quantitative estimate of drug-likeness (QED) is 0.532. The van der Waals surface area contributed by atoms with Crippen molar-refractivity contribution in [3.63, 3.8) is 0 Å². The third-order valence-corrected chi connectivity index (χ3v) is 4.58. The van der Waals surface area contributed by atoms with E-state index < -0.39 is 0 Å². The van der Waals surface area contributed by atoms with Crippen LogP contribution in [0.25, 0.3) is 11.3 Å². The summed E-state index contributed by atoms with van der Waals surface area (Å²) in [7, 11) is 0. The van der Waals surface area contributed by atoms with Crippen molar-refractivity contribution in [1.29, 1.82) is 0 Å². The van der Waals surface area contributed by atoms with Crippen molar-refractivity contribution < 1.29 is 18.7 Å². The molecular formula is C20H21N3O4S. The number of amides is 2. The van der Waals surface area contributed by atoms with E-state index in [2.05, 4.69) is 15.6 Å². The number of benzene rings is 1. The summed E-state index contributed by atoms with van der Waals surface area (Å²) < 4.78 is 10.4. The molecule has 0 aliphatic rings. The topological polar surface area (TPSA) is 93.5 Å². The summed E-state index contributed by atoms with van der Waals surface area (Å²) >= 11 is 1.37. The normalized spacial score (nSPS) is 10.5. The first kappa shape index (κ1) is 19.6. The second kappa shape index (κ2) is 9.70. The lowest BCUT2D eigenvalue weighted by Gasteiger charge is -2.04. The molecule has 3 rings (SSSR count). The van der Waals surface area contributed by atoms with Crippen LogP contribution in [0.3, 0.4) is 0 Å². The Hall–Kier alpha value is -3.13. The third kappa shape index (κ3) is 5.43. The smallest absolute Gasteiger partial charge is 0.286 e. The predicted molar refractivity (Wildman–Crippen MR) is 108 cm³/mol. The van der Waals surface area contributed by atoms with Crippen LogP contribution < -0.4 is 15.4 Å². The third-order valence-electron chi connectivity index (χ3n) is 3.82. The molecule has 2 N–H and O–H groups in total. The minimum Gasteiger partial charge on any atom is -0.494 e. The molecule has 0 bridgehead atoms. The molecule has 0 spiro atoms. The van der Waals surface area contributed by atoms with Crippen molar-refractivity contribution in [2.75, 3.05) is 18.5 Å². The molecule has 2 heterocycles. The molecule has 2 amide bonds. The van der Waals surface area contributed by atoms with E-state index in [1.807, 2.05) is 36.6 Å². The molecule has 1 aromatic carbocycles. The van der Waals surface area contributed by atoms with Crippen LogP contribution in [-0.4, -0.2) is 29.9 Å². The van der Waals surface area contributed by atoms with Gasteiger partial charge in [-0.15, -0.1) is 11.3 Å². The van der Waals surface area contributed by atoms with Gasteiger partial charge in [0.05, 0.1) is 18.6 Å². The second-order valence-corrected chi connectivity index (χ2v) is 6.74. The number of aromatic nitrogens is 1. The highest BCUT2D eigenvalue weighted by molar-refractivity contribution is 7.14. The summed E-state index contributed by atoms with van der Waals surface area (Å²) in [4.78, 5) is 28.2. The van der Waals surface area contributed by atoms with Crippen molar-refractivity contribution in [2.45, 2.75) is 19.8 Å². The second-order valence-electron chi connectivity index (χ2n) is 5.88. The molecule has 0 unspecified atom stereocenters. The Morgan fingerprint density at radius 1 is 1.21 bits per heavy atom. The molecule has 0 fully saturated rings. The Kier molecular flexibility index (Phi) is 6.80. The van der Waals surface area contributed by atoms with E-state index in [1.54, 1.807) is 12.1 Å². The lowest BCUT2D eigenvalue weighted by Crippen LogP contribution is -2.25. The van der Waals surface area contributed by atoms with Crippen LogP contribution >= 0.6 is 11.3 Å². The van der Waals surface area contributed by atoms with Crippen LogP contribution in [0, 0.1) is 0 Å². The van der Waals surface area contributed by atoms with Crippen molar-refractivity contribution in [3.8, 4) is 17.0 Å². The van der Waals surface area contributed by atoms with Gasteiger partial charge in [-0.25, -0.2) is 4.98 Å². The molecule has 7 nitrogen and oxygen atoms in total. The van der Waals surface area contributed by atoms with Gasteiger partial charge < -0.3 is 19.8 Å². The van der Waals surface area contributed by atoms with Crippen LogP contribution in [0.15, 0.2) is 52.5 Å². The van der Waals surface area contributed by atoms with Crippen LogP contribution in [0.5, 0.6) is 5.75 Å². The highest BCUT2D eigenvalue weighted by Crippen LogP contribution is 2.26. The number of ether oxygens (including phenoxy) is 1. The van der Waals surface area contributed by atoms with Gasteiger partial charge in [0.2, 0.25) is 5.91 Å². The molecule has 0 aliphatic heterocycles. The molecule has 3 aromatic rings. The number of anilines is 1. The van der Waals surface area contributed by atoms with Crippen LogP contribution in [0.2, 0.25) is 0 Å². The van der Waals surface area contributed by atoms with E-state index in [4.69, 9.17) is 9.15 Å². The van der Waals surface area contributed by atoms with Gasteiger partial charge in [0.25, 0.3) is 5.91 Å². The number of furan rings is 1. The van der Waals surface area contributed by atoms with Gasteiger partial charge in [0.1, 0.15) is 5.75 Å². The molecule has 8 heteroatoms. The zero-order valence-corrected chi connectivity index (χ0v) is 16.3. The zero-order valence-electron chi connectivity index (χ0n) is 15.4. The molecule has 0 atom stereocenters. The SMILES string of the molecule is CCOc1ccc(-c2csc(NC(=O)CCCNC(=O)c3ccco3)n2)cc1. The molecule has 2 aromatic heterocycles. The monoisotopic (exact) mass is 399 g/mol. The Morgan fingerprint density at radius 2 is 2.04 bits per heavy atom. The number of nitrogens with one attached hydrogen (secondary N) is 2. The fraction of sp³-hybridized carbons (Fsp3) is 0.250. The van der Waals surface area contributed by atoms with E-state index in [0.717, 1.165) is 17.0 Å². The number of carbonyl (C=O) groups is 2. The number of hydrogen-bond donors (Lipinski definition) is 2. The van der Waals surface area contributed by atoms with Crippen LogP contribution in [0.1, 0.15) is 30.3 Å². The largest absolute Gasteiger partial charge is 0.494 e.